The summed E-state index contributed by atoms with van der Waals surface area (Å²) in [4.78, 5) is 49.4. The molecule has 4 fully saturated rings. The number of imidazole rings is 1. The molecule has 0 bridgehead atoms. The summed E-state index contributed by atoms with van der Waals surface area (Å²) < 4.78 is 19.5. The number of ketones is 1. The molecule has 8 nitrogen and oxygen atoms in total. The van der Waals surface area contributed by atoms with Gasteiger partial charge in [0.25, 0.3) is 0 Å². The van der Waals surface area contributed by atoms with Crippen LogP contribution in [0.3, 0.4) is 0 Å². The number of fused-ring (bicyclic) bond motifs is 1. The lowest BCUT2D eigenvalue weighted by Crippen LogP contribution is -2.57. The summed E-state index contributed by atoms with van der Waals surface area (Å²) >= 11 is 0. The van der Waals surface area contributed by atoms with Crippen molar-refractivity contribution in [3.8, 4) is 0 Å². The van der Waals surface area contributed by atoms with Crippen LogP contribution in [0.15, 0.2) is 18.2 Å². The number of para-hydroxylation sites is 1. The van der Waals surface area contributed by atoms with Gasteiger partial charge in [-0.1, -0.05) is 13.0 Å². The average Bonchev–Trinajstić information content (AvgIpc) is 3.35. The molecule has 6 rings (SSSR count). The number of Topliss-reactive ketones (excluding diaryl/α,β-unsaturated/α-hetero) is 1. The van der Waals surface area contributed by atoms with Gasteiger partial charge in [0, 0.05) is 36.3 Å². The number of hydrogen-bond donors (Lipinski definition) is 2. The highest BCUT2D eigenvalue weighted by Gasteiger charge is 2.52. The van der Waals surface area contributed by atoms with Gasteiger partial charge in [0.2, 0.25) is 11.8 Å². The Bertz CT molecular complexity index is 1210. The van der Waals surface area contributed by atoms with Crippen LogP contribution in [0.4, 0.5) is 4.39 Å². The largest absolute Gasteiger partial charge is 0.380 e. The van der Waals surface area contributed by atoms with E-state index in [-0.39, 0.29) is 59.2 Å². The molecule has 2 saturated carbocycles. The van der Waals surface area contributed by atoms with Crippen LogP contribution in [0.1, 0.15) is 70.0 Å². The number of halogens is 1. The van der Waals surface area contributed by atoms with Crippen molar-refractivity contribution in [2.75, 3.05) is 19.8 Å². The predicted molar refractivity (Wildman–Crippen MR) is 134 cm³/mol. The van der Waals surface area contributed by atoms with Gasteiger partial charge in [-0.15, -0.1) is 0 Å². The maximum absolute atomic E-state index is 14.1. The molecule has 37 heavy (non-hydrogen) atoms. The number of nitrogens with zero attached hydrogens (tertiary/aromatic N) is 2. The molecule has 0 radical (unpaired) electrons. The maximum Gasteiger partial charge on any atom is 0.225 e. The summed E-state index contributed by atoms with van der Waals surface area (Å²) in [6.07, 6.45) is 5.95. The van der Waals surface area contributed by atoms with Crippen LogP contribution in [0.2, 0.25) is 0 Å². The molecule has 4 aliphatic rings. The molecule has 2 aliphatic carbocycles. The van der Waals surface area contributed by atoms with Crippen LogP contribution >= 0.6 is 0 Å². The third-order valence-corrected chi connectivity index (χ3v) is 8.87. The lowest BCUT2D eigenvalue weighted by atomic mass is 9.60. The van der Waals surface area contributed by atoms with Gasteiger partial charge in [-0.3, -0.25) is 14.4 Å². The number of benzene rings is 1. The molecule has 1 aromatic carbocycles. The zero-order chi connectivity index (χ0) is 25.7. The van der Waals surface area contributed by atoms with Crippen molar-refractivity contribution in [3.05, 3.63) is 29.8 Å². The molecule has 2 N–H and O–H groups in total. The van der Waals surface area contributed by atoms with Crippen LogP contribution in [0.25, 0.3) is 11.0 Å². The summed E-state index contributed by atoms with van der Waals surface area (Å²) in [5.41, 5.74) is 0.958. The first kappa shape index (κ1) is 24.5. The van der Waals surface area contributed by atoms with E-state index in [0.29, 0.717) is 30.5 Å². The number of H-pyrrole nitrogens is 1. The highest BCUT2D eigenvalue weighted by atomic mass is 19.1. The fourth-order valence-corrected chi connectivity index (χ4v) is 6.49. The third kappa shape index (κ3) is 4.78. The summed E-state index contributed by atoms with van der Waals surface area (Å²) in [6, 6.07) is 4.11. The first-order valence-electron chi connectivity index (χ1n) is 13.7. The molecule has 2 saturated heterocycles. The van der Waals surface area contributed by atoms with E-state index in [9.17, 15) is 18.8 Å². The van der Waals surface area contributed by atoms with Crippen molar-refractivity contribution in [1.82, 2.24) is 20.2 Å². The molecule has 1 aromatic heterocycles. The van der Waals surface area contributed by atoms with Gasteiger partial charge in [-0.25, -0.2) is 9.37 Å². The predicted octanol–water partition coefficient (Wildman–Crippen LogP) is 3.47. The van der Waals surface area contributed by atoms with Crippen molar-refractivity contribution in [3.63, 3.8) is 0 Å². The van der Waals surface area contributed by atoms with E-state index < -0.39 is 11.9 Å². The molecule has 3 atom stereocenters. The zero-order valence-electron chi connectivity index (χ0n) is 21.3. The Labute approximate surface area is 215 Å². The summed E-state index contributed by atoms with van der Waals surface area (Å²) in [5.74, 6) is -0.177. The van der Waals surface area contributed by atoms with Gasteiger partial charge in [-0.05, 0) is 56.6 Å². The zero-order valence-corrected chi connectivity index (χ0v) is 21.3. The molecular weight excluding hydrogens is 475 g/mol. The lowest BCUT2D eigenvalue weighted by Gasteiger charge is -2.52. The molecule has 1 unspecified atom stereocenters. The fourth-order valence-electron chi connectivity index (χ4n) is 6.49. The lowest BCUT2D eigenvalue weighted by molar-refractivity contribution is -0.184. The van der Waals surface area contributed by atoms with E-state index in [0.717, 1.165) is 45.1 Å². The van der Waals surface area contributed by atoms with E-state index in [4.69, 9.17) is 4.74 Å². The van der Waals surface area contributed by atoms with Crippen LogP contribution in [0, 0.1) is 23.1 Å². The first-order chi connectivity index (χ1) is 17.8. The minimum atomic E-state index is -0.877. The number of likely N-dealkylation sites (tertiary alicyclic amines) is 1. The normalized spacial score (nSPS) is 24.5. The maximum atomic E-state index is 14.1. The number of ether oxygens (including phenoxy) is 1. The van der Waals surface area contributed by atoms with Crippen LogP contribution in [-0.2, 0) is 19.1 Å². The second-order valence-corrected chi connectivity index (χ2v) is 11.8. The van der Waals surface area contributed by atoms with Crippen molar-refractivity contribution in [1.29, 1.82) is 0 Å². The SMILES string of the molecule is C[C@H](CC(=O)[C@H](CC(=O)N1CCCC1C1CC1)NC(=O)C1CC2(COC2)C1)c1nc2c(F)cccc2[nH]1. The topological polar surface area (TPSA) is 104 Å². The third-order valence-electron chi connectivity index (χ3n) is 8.87. The summed E-state index contributed by atoms with van der Waals surface area (Å²) in [6.45, 7) is 3.97. The van der Waals surface area contributed by atoms with Gasteiger partial charge in [-0.2, -0.15) is 0 Å². The molecule has 3 heterocycles. The van der Waals surface area contributed by atoms with Gasteiger partial charge in [0.1, 0.15) is 11.3 Å². The van der Waals surface area contributed by atoms with Crippen molar-refractivity contribution >= 4 is 28.6 Å². The van der Waals surface area contributed by atoms with E-state index in [2.05, 4.69) is 15.3 Å². The molecule has 198 valence electrons. The Morgan fingerprint density at radius 3 is 2.68 bits per heavy atom. The highest BCUT2D eigenvalue weighted by Crippen LogP contribution is 2.50. The van der Waals surface area contributed by atoms with Crippen LogP contribution < -0.4 is 5.32 Å². The molecule has 2 aliphatic heterocycles. The van der Waals surface area contributed by atoms with E-state index in [1.165, 1.54) is 6.07 Å². The quantitative estimate of drug-likeness (QED) is 0.538. The minimum absolute atomic E-state index is 0.0176. The van der Waals surface area contributed by atoms with Crippen molar-refractivity contribution in [2.24, 2.45) is 17.3 Å². The molecular formula is C28H35FN4O4. The van der Waals surface area contributed by atoms with E-state index in [1.807, 2.05) is 11.8 Å². The number of rotatable bonds is 9. The molecule has 2 aromatic rings. The number of aromatic nitrogens is 2. The van der Waals surface area contributed by atoms with Crippen molar-refractivity contribution in [2.45, 2.75) is 76.3 Å². The van der Waals surface area contributed by atoms with Crippen LogP contribution in [0.5, 0.6) is 0 Å². The van der Waals surface area contributed by atoms with Gasteiger partial charge >= 0.3 is 0 Å². The second kappa shape index (κ2) is 9.49. The number of amides is 2. The Morgan fingerprint density at radius 2 is 2.00 bits per heavy atom. The Balaban J connectivity index is 1.15. The summed E-state index contributed by atoms with van der Waals surface area (Å²) in [5, 5.41) is 2.94. The first-order valence-corrected chi connectivity index (χ1v) is 13.7. The van der Waals surface area contributed by atoms with Crippen LogP contribution in [-0.4, -0.2) is 64.3 Å². The fraction of sp³-hybridized carbons (Fsp3) is 0.643. The number of nitrogens with one attached hydrogen (secondary N) is 2. The Kier molecular flexibility index (Phi) is 6.29. The second-order valence-electron chi connectivity index (χ2n) is 11.8. The molecule has 2 amide bonds. The van der Waals surface area contributed by atoms with Gasteiger partial charge in [0.05, 0.1) is 31.2 Å². The van der Waals surface area contributed by atoms with Gasteiger partial charge < -0.3 is 19.9 Å². The standard InChI is InChI=1S/C28H35FN4O4/c1-16(26-30-20-5-2-4-19(29)25(20)32-26)10-23(34)21(31-27(36)18-12-28(13-18)14-37-15-28)11-24(35)33-9-3-6-22(33)17-7-8-17/h2,4-5,16-18,21-22H,3,6-15H2,1H3,(H,30,32)(H,31,36)/t16-,21+,22?/m1/s1. The van der Waals surface area contributed by atoms with E-state index >= 15 is 0 Å². The molecule has 1 spiro atoms. The number of aromatic amines is 1. The Hall–Kier alpha value is -2.81. The van der Waals surface area contributed by atoms with E-state index in [1.54, 1.807) is 12.1 Å². The highest BCUT2D eigenvalue weighted by molar-refractivity contribution is 5.94. The van der Waals surface area contributed by atoms with Gasteiger partial charge in [0.15, 0.2) is 11.6 Å². The smallest absolute Gasteiger partial charge is 0.225 e. The minimum Gasteiger partial charge on any atom is -0.380 e. The molecule has 9 heteroatoms. The number of carbonyl (C=O) groups is 3. The number of carbonyl (C=O) groups excluding carboxylic acids is 3. The average molecular weight is 511 g/mol. The van der Waals surface area contributed by atoms with Crippen molar-refractivity contribution < 1.29 is 23.5 Å². The Morgan fingerprint density at radius 1 is 1.22 bits per heavy atom. The monoisotopic (exact) mass is 510 g/mol. The summed E-state index contributed by atoms with van der Waals surface area (Å²) in [7, 11) is 0. The number of hydrogen-bond acceptors (Lipinski definition) is 5.